The average molecular weight is 404 g/mol. The minimum Gasteiger partial charge on any atom is -0.295 e. The van der Waals surface area contributed by atoms with Crippen LogP contribution in [0.5, 0.6) is 0 Å². The zero-order valence-corrected chi connectivity index (χ0v) is 17.0. The first-order chi connectivity index (χ1) is 13.7. The van der Waals surface area contributed by atoms with Crippen molar-refractivity contribution in [2.75, 3.05) is 0 Å². The van der Waals surface area contributed by atoms with Crippen LogP contribution in [0.25, 0.3) is 22.3 Å². The lowest BCUT2D eigenvalue weighted by atomic mass is 9.90. The fraction of sp³-hybridized carbons (Fsp3) is 0.167. The second-order valence-electron chi connectivity index (χ2n) is 7.47. The van der Waals surface area contributed by atoms with Crippen molar-refractivity contribution in [1.82, 2.24) is 0 Å². The summed E-state index contributed by atoms with van der Waals surface area (Å²) in [5.74, 6) is 0.0859. The van der Waals surface area contributed by atoms with E-state index in [1.165, 1.54) is 13.8 Å². The Bertz CT molecular complexity index is 1140. The number of sulfone groups is 1. The van der Waals surface area contributed by atoms with E-state index >= 15 is 0 Å². The van der Waals surface area contributed by atoms with E-state index in [0.717, 1.165) is 33.4 Å². The van der Waals surface area contributed by atoms with Crippen LogP contribution in [0.3, 0.4) is 0 Å². The van der Waals surface area contributed by atoms with Crippen LogP contribution in [-0.2, 0) is 21.3 Å². The van der Waals surface area contributed by atoms with Crippen molar-refractivity contribution >= 4 is 21.4 Å². The van der Waals surface area contributed by atoms with E-state index in [-0.39, 0.29) is 23.1 Å². The number of carbonyl (C=O) groups excluding carboxylic acids is 2. The van der Waals surface area contributed by atoms with Crippen LogP contribution in [-0.4, -0.2) is 20.0 Å². The van der Waals surface area contributed by atoms with Crippen molar-refractivity contribution in [3.8, 4) is 22.3 Å². The maximum atomic E-state index is 12.1. The highest BCUT2D eigenvalue weighted by atomic mass is 32.2. The van der Waals surface area contributed by atoms with Crippen LogP contribution in [0, 0.1) is 0 Å². The van der Waals surface area contributed by atoms with Crippen LogP contribution in [0.4, 0.5) is 0 Å². The summed E-state index contributed by atoms with van der Waals surface area (Å²) in [5, 5.41) is 0. The Hall–Kier alpha value is -3.05. The van der Waals surface area contributed by atoms with Crippen molar-refractivity contribution in [1.29, 1.82) is 0 Å². The molecule has 0 amide bonds. The standard InChI is InChI=1S/C24H20O4S/c1-15(25)17-3-7-19(8-4-17)23-11-21-13-29(27,28)14-22(21)12-24(23)20-9-5-18(6-10-20)16(2)26/h3-12H,13-14H2,1-2H3. The first-order valence-corrected chi connectivity index (χ1v) is 11.1. The van der Waals surface area contributed by atoms with Crippen molar-refractivity contribution in [2.45, 2.75) is 25.4 Å². The van der Waals surface area contributed by atoms with Crippen molar-refractivity contribution in [3.05, 3.63) is 82.9 Å². The van der Waals surface area contributed by atoms with E-state index in [4.69, 9.17) is 0 Å². The van der Waals surface area contributed by atoms with Gasteiger partial charge in [0.15, 0.2) is 21.4 Å². The highest BCUT2D eigenvalue weighted by Crippen LogP contribution is 2.38. The van der Waals surface area contributed by atoms with Gasteiger partial charge in [0.25, 0.3) is 0 Å². The monoisotopic (exact) mass is 404 g/mol. The largest absolute Gasteiger partial charge is 0.295 e. The Morgan fingerprint density at radius 1 is 0.655 bits per heavy atom. The van der Waals surface area contributed by atoms with E-state index in [9.17, 15) is 18.0 Å². The normalized spacial score (nSPS) is 14.4. The van der Waals surface area contributed by atoms with E-state index in [0.29, 0.717) is 11.1 Å². The minimum atomic E-state index is -3.13. The summed E-state index contributed by atoms with van der Waals surface area (Å²) in [6, 6.07) is 18.5. The highest BCUT2D eigenvalue weighted by molar-refractivity contribution is 7.90. The lowest BCUT2D eigenvalue weighted by molar-refractivity contribution is 0.100. The topological polar surface area (TPSA) is 68.3 Å². The van der Waals surface area contributed by atoms with E-state index < -0.39 is 9.84 Å². The molecule has 0 N–H and O–H groups in total. The zero-order chi connectivity index (χ0) is 20.8. The predicted molar refractivity (Wildman–Crippen MR) is 114 cm³/mol. The lowest BCUT2D eigenvalue weighted by Crippen LogP contribution is -1.95. The van der Waals surface area contributed by atoms with Crippen LogP contribution >= 0.6 is 0 Å². The third-order valence-electron chi connectivity index (χ3n) is 5.30. The Morgan fingerprint density at radius 3 is 1.31 bits per heavy atom. The number of fused-ring (bicyclic) bond motifs is 1. The van der Waals surface area contributed by atoms with Crippen LogP contribution in [0.1, 0.15) is 45.7 Å². The van der Waals surface area contributed by atoms with Gasteiger partial charge in [-0.3, -0.25) is 9.59 Å². The number of carbonyl (C=O) groups is 2. The molecule has 0 atom stereocenters. The Labute approximate surface area is 170 Å². The molecule has 0 aliphatic carbocycles. The highest BCUT2D eigenvalue weighted by Gasteiger charge is 2.26. The molecule has 4 rings (SSSR count). The summed E-state index contributed by atoms with van der Waals surface area (Å²) in [7, 11) is -3.13. The second-order valence-corrected chi connectivity index (χ2v) is 9.53. The third kappa shape index (κ3) is 3.78. The molecule has 0 unspecified atom stereocenters. The molecule has 1 aliphatic rings. The smallest absolute Gasteiger partial charge is 0.159 e. The summed E-state index contributed by atoms with van der Waals surface area (Å²) < 4.78 is 24.3. The van der Waals surface area contributed by atoms with Crippen molar-refractivity contribution in [2.24, 2.45) is 0 Å². The maximum Gasteiger partial charge on any atom is 0.159 e. The van der Waals surface area contributed by atoms with Gasteiger partial charge in [-0.2, -0.15) is 0 Å². The molecule has 0 saturated carbocycles. The van der Waals surface area contributed by atoms with Crippen LogP contribution < -0.4 is 0 Å². The van der Waals surface area contributed by atoms with Gasteiger partial charge in [-0.05, 0) is 59.4 Å². The van der Waals surface area contributed by atoms with Gasteiger partial charge in [0, 0.05) is 11.1 Å². The molecule has 0 fully saturated rings. The number of ketones is 2. The third-order valence-corrected chi connectivity index (χ3v) is 6.80. The number of Topliss-reactive ketones (excluding diaryl/α,β-unsaturated/α-hetero) is 2. The van der Waals surface area contributed by atoms with Crippen LogP contribution in [0.15, 0.2) is 60.7 Å². The second kappa shape index (κ2) is 7.08. The predicted octanol–water partition coefficient (Wildman–Crippen LogP) is 4.85. The van der Waals surface area contributed by atoms with Crippen molar-refractivity contribution < 1.29 is 18.0 Å². The Kier molecular flexibility index (Phi) is 4.71. The van der Waals surface area contributed by atoms with E-state index in [2.05, 4.69) is 0 Å². The van der Waals surface area contributed by atoms with Gasteiger partial charge >= 0.3 is 0 Å². The fourth-order valence-corrected chi connectivity index (χ4v) is 5.32. The lowest BCUT2D eigenvalue weighted by Gasteiger charge is -2.14. The summed E-state index contributed by atoms with van der Waals surface area (Å²) >= 11 is 0. The molecular weight excluding hydrogens is 384 g/mol. The summed E-state index contributed by atoms with van der Waals surface area (Å²) in [4.78, 5) is 23.2. The maximum absolute atomic E-state index is 12.1. The summed E-state index contributed by atoms with van der Waals surface area (Å²) in [6.45, 7) is 3.05. The molecule has 4 nitrogen and oxygen atoms in total. The first kappa shape index (κ1) is 19.3. The van der Waals surface area contributed by atoms with E-state index in [1.807, 2.05) is 36.4 Å². The molecule has 0 spiro atoms. The Balaban J connectivity index is 1.89. The van der Waals surface area contributed by atoms with Gasteiger partial charge in [0.2, 0.25) is 0 Å². The van der Waals surface area contributed by atoms with Gasteiger partial charge in [-0.15, -0.1) is 0 Å². The van der Waals surface area contributed by atoms with Gasteiger partial charge in [0.1, 0.15) is 0 Å². The number of benzene rings is 3. The molecule has 3 aromatic carbocycles. The number of hydrogen-bond donors (Lipinski definition) is 0. The Morgan fingerprint density at radius 2 is 1.00 bits per heavy atom. The van der Waals surface area contributed by atoms with Gasteiger partial charge < -0.3 is 0 Å². The number of rotatable bonds is 4. The van der Waals surface area contributed by atoms with Gasteiger partial charge in [-0.1, -0.05) is 48.5 Å². The molecule has 3 aromatic rings. The zero-order valence-electron chi connectivity index (χ0n) is 16.2. The average Bonchev–Trinajstić information content (AvgIpc) is 3.00. The SMILES string of the molecule is CC(=O)c1ccc(-c2cc3c(cc2-c2ccc(C(C)=O)cc2)CS(=O)(=O)C3)cc1. The first-order valence-electron chi connectivity index (χ1n) is 9.32. The molecule has 5 heteroatoms. The number of hydrogen-bond acceptors (Lipinski definition) is 4. The molecule has 146 valence electrons. The molecule has 0 aromatic heterocycles. The quantitative estimate of drug-likeness (QED) is 0.583. The fourth-order valence-electron chi connectivity index (χ4n) is 3.73. The molecule has 1 aliphatic heterocycles. The minimum absolute atomic E-state index is 0.00311. The van der Waals surface area contributed by atoms with E-state index in [1.54, 1.807) is 24.3 Å². The molecule has 29 heavy (non-hydrogen) atoms. The summed E-state index contributed by atoms with van der Waals surface area (Å²) in [6.07, 6.45) is 0. The van der Waals surface area contributed by atoms with Gasteiger partial charge in [-0.25, -0.2) is 8.42 Å². The molecule has 0 bridgehead atoms. The molecule has 0 radical (unpaired) electrons. The molecule has 0 saturated heterocycles. The van der Waals surface area contributed by atoms with Gasteiger partial charge in [0.05, 0.1) is 11.5 Å². The van der Waals surface area contributed by atoms with Crippen LogP contribution in [0.2, 0.25) is 0 Å². The molecule has 1 heterocycles. The summed E-state index contributed by atoms with van der Waals surface area (Å²) in [5.41, 5.74) is 6.53. The molecular formula is C24H20O4S. The van der Waals surface area contributed by atoms with Crippen molar-refractivity contribution in [3.63, 3.8) is 0 Å².